The Labute approximate surface area is 98.0 Å². The van der Waals surface area contributed by atoms with Crippen molar-refractivity contribution in [1.82, 2.24) is 0 Å². The van der Waals surface area contributed by atoms with Gasteiger partial charge in [-0.3, -0.25) is 10.1 Å². The van der Waals surface area contributed by atoms with Crippen LogP contribution in [0.4, 0.5) is 15.8 Å². The number of rotatable bonds is 5. The first-order chi connectivity index (χ1) is 8.13. The van der Waals surface area contributed by atoms with Crippen molar-refractivity contribution in [2.24, 2.45) is 11.7 Å². The van der Waals surface area contributed by atoms with Gasteiger partial charge in [0, 0.05) is 12.6 Å². The predicted octanol–water partition coefficient (Wildman–Crippen LogP) is 1.88. The first-order valence-electron chi connectivity index (χ1n) is 5.53. The van der Waals surface area contributed by atoms with Crippen LogP contribution in [0.5, 0.6) is 0 Å². The fraction of sp³-hybridized carbons (Fsp3) is 0.455. The van der Waals surface area contributed by atoms with Crippen molar-refractivity contribution in [3.05, 3.63) is 34.1 Å². The van der Waals surface area contributed by atoms with Gasteiger partial charge in [0.2, 0.25) is 5.82 Å². The van der Waals surface area contributed by atoms with Crippen molar-refractivity contribution in [3.63, 3.8) is 0 Å². The summed E-state index contributed by atoms with van der Waals surface area (Å²) in [5.41, 5.74) is 5.30. The SMILES string of the molecule is NCC(Nc1cccc(F)c1[N+](=O)[O-])C1CC1. The van der Waals surface area contributed by atoms with Gasteiger partial charge in [-0.2, -0.15) is 4.39 Å². The largest absolute Gasteiger partial charge is 0.375 e. The molecule has 1 aromatic carbocycles. The second kappa shape index (κ2) is 4.67. The summed E-state index contributed by atoms with van der Waals surface area (Å²) in [7, 11) is 0. The minimum absolute atomic E-state index is 0.0181. The topological polar surface area (TPSA) is 81.2 Å². The first-order valence-corrected chi connectivity index (χ1v) is 5.53. The molecule has 0 aromatic heterocycles. The van der Waals surface area contributed by atoms with Gasteiger partial charge in [-0.05, 0) is 30.9 Å². The van der Waals surface area contributed by atoms with Crippen LogP contribution in [0.3, 0.4) is 0 Å². The predicted molar refractivity (Wildman–Crippen MR) is 62.2 cm³/mol. The van der Waals surface area contributed by atoms with E-state index < -0.39 is 16.4 Å². The maximum absolute atomic E-state index is 13.4. The van der Waals surface area contributed by atoms with E-state index in [4.69, 9.17) is 5.73 Å². The van der Waals surface area contributed by atoms with Gasteiger partial charge in [0.15, 0.2) is 0 Å². The Balaban J connectivity index is 2.24. The van der Waals surface area contributed by atoms with Crippen LogP contribution in [0.15, 0.2) is 18.2 Å². The molecule has 92 valence electrons. The van der Waals surface area contributed by atoms with Crippen molar-refractivity contribution in [2.45, 2.75) is 18.9 Å². The van der Waals surface area contributed by atoms with Crippen LogP contribution in [-0.2, 0) is 0 Å². The number of benzene rings is 1. The molecular weight excluding hydrogens is 225 g/mol. The fourth-order valence-electron chi connectivity index (χ4n) is 1.88. The molecule has 0 radical (unpaired) electrons. The Bertz CT molecular complexity index is 435. The van der Waals surface area contributed by atoms with Gasteiger partial charge in [0.1, 0.15) is 5.69 Å². The standard InChI is InChI=1S/C11H14FN3O2/c12-8-2-1-3-9(11(8)15(16)17)14-10(6-13)7-4-5-7/h1-3,7,10,14H,4-6,13H2. The number of hydrogen-bond acceptors (Lipinski definition) is 4. The van der Waals surface area contributed by atoms with E-state index in [1.807, 2.05) is 0 Å². The lowest BCUT2D eigenvalue weighted by Gasteiger charge is -2.17. The zero-order chi connectivity index (χ0) is 12.4. The average molecular weight is 239 g/mol. The van der Waals surface area contributed by atoms with Gasteiger partial charge >= 0.3 is 5.69 Å². The Kier molecular flexibility index (Phi) is 3.23. The molecule has 0 heterocycles. The van der Waals surface area contributed by atoms with Crippen molar-refractivity contribution in [1.29, 1.82) is 0 Å². The Morgan fingerprint density at radius 2 is 2.29 bits per heavy atom. The molecule has 1 aromatic rings. The third-order valence-corrected chi connectivity index (χ3v) is 2.96. The molecule has 17 heavy (non-hydrogen) atoms. The monoisotopic (exact) mass is 239 g/mol. The summed E-state index contributed by atoms with van der Waals surface area (Å²) in [5.74, 6) is -0.380. The number of nitro groups is 1. The van der Waals surface area contributed by atoms with Gasteiger partial charge < -0.3 is 11.1 Å². The highest BCUT2D eigenvalue weighted by Crippen LogP contribution is 2.36. The molecule has 0 saturated heterocycles. The Morgan fingerprint density at radius 1 is 1.59 bits per heavy atom. The van der Waals surface area contributed by atoms with Crippen LogP contribution < -0.4 is 11.1 Å². The molecule has 6 heteroatoms. The summed E-state index contributed by atoms with van der Waals surface area (Å²) in [6, 6.07) is 4.02. The molecule has 3 N–H and O–H groups in total. The third kappa shape index (κ3) is 2.52. The summed E-state index contributed by atoms with van der Waals surface area (Å²) in [6.07, 6.45) is 2.13. The number of nitro benzene ring substituents is 1. The molecule has 1 saturated carbocycles. The summed E-state index contributed by atoms with van der Waals surface area (Å²) in [5, 5.41) is 13.8. The van der Waals surface area contributed by atoms with E-state index in [-0.39, 0.29) is 11.7 Å². The van der Waals surface area contributed by atoms with Gasteiger partial charge in [0.25, 0.3) is 0 Å². The third-order valence-electron chi connectivity index (χ3n) is 2.96. The Morgan fingerprint density at radius 3 is 2.82 bits per heavy atom. The Hall–Kier alpha value is -1.69. The molecule has 0 amide bonds. The zero-order valence-electron chi connectivity index (χ0n) is 9.23. The molecule has 1 unspecified atom stereocenters. The summed E-state index contributed by atoms with van der Waals surface area (Å²) in [4.78, 5) is 10.1. The lowest BCUT2D eigenvalue weighted by atomic mass is 10.1. The van der Waals surface area contributed by atoms with Crippen LogP contribution in [0.25, 0.3) is 0 Å². The number of halogens is 1. The first kappa shape index (κ1) is 11.8. The number of hydrogen-bond donors (Lipinski definition) is 2. The molecule has 1 fully saturated rings. The number of anilines is 1. The van der Waals surface area contributed by atoms with E-state index in [1.54, 1.807) is 0 Å². The van der Waals surface area contributed by atoms with Crippen LogP contribution in [-0.4, -0.2) is 17.5 Å². The van der Waals surface area contributed by atoms with Crippen LogP contribution in [0.1, 0.15) is 12.8 Å². The molecule has 0 bridgehead atoms. The summed E-state index contributed by atoms with van der Waals surface area (Å²) >= 11 is 0. The highest BCUT2D eigenvalue weighted by molar-refractivity contribution is 5.62. The van der Waals surface area contributed by atoms with Crippen LogP contribution >= 0.6 is 0 Å². The minimum Gasteiger partial charge on any atom is -0.375 e. The van der Waals surface area contributed by atoms with Crippen molar-refractivity contribution in [2.75, 3.05) is 11.9 Å². The second-order valence-corrected chi connectivity index (χ2v) is 4.22. The van der Waals surface area contributed by atoms with Crippen molar-refractivity contribution < 1.29 is 9.31 Å². The summed E-state index contributed by atoms with van der Waals surface area (Å²) < 4.78 is 13.4. The molecule has 5 nitrogen and oxygen atoms in total. The highest BCUT2D eigenvalue weighted by Gasteiger charge is 2.32. The van der Waals surface area contributed by atoms with Gasteiger partial charge in [0.05, 0.1) is 4.92 Å². The van der Waals surface area contributed by atoms with Gasteiger partial charge in [-0.25, -0.2) is 0 Å². The van der Waals surface area contributed by atoms with Gasteiger partial charge in [-0.1, -0.05) is 6.07 Å². The normalized spacial score (nSPS) is 16.6. The van der Waals surface area contributed by atoms with Crippen LogP contribution in [0.2, 0.25) is 0 Å². The second-order valence-electron chi connectivity index (χ2n) is 4.22. The molecule has 0 spiro atoms. The molecular formula is C11H14FN3O2. The van der Waals surface area contributed by atoms with E-state index in [0.29, 0.717) is 12.5 Å². The number of nitrogens with one attached hydrogen (secondary N) is 1. The van der Waals surface area contributed by atoms with E-state index in [2.05, 4.69) is 5.32 Å². The molecule has 2 rings (SSSR count). The van der Waals surface area contributed by atoms with E-state index in [0.717, 1.165) is 18.9 Å². The highest BCUT2D eigenvalue weighted by atomic mass is 19.1. The van der Waals surface area contributed by atoms with Gasteiger partial charge in [-0.15, -0.1) is 0 Å². The molecule has 1 atom stereocenters. The maximum Gasteiger partial charge on any atom is 0.327 e. The van der Waals surface area contributed by atoms with Crippen LogP contribution in [0, 0.1) is 21.8 Å². The molecule has 1 aliphatic carbocycles. The zero-order valence-corrected chi connectivity index (χ0v) is 9.23. The lowest BCUT2D eigenvalue weighted by Crippen LogP contribution is -2.31. The van der Waals surface area contributed by atoms with Crippen molar-refractivity contribution >= 4 is 11.4 Å². The van der Waals surface area contributed by atoms with E-state index in [1.165, 1.54) is 12.1 Å². The van der Waals surface area contributed by atoms with Crippen molar-refractivity contribution in [3.8, 4) is 0 Å². The maximum atomic E-state index is 13.4. The summed E-state index contributed by atoms with van der Waals surface area (Å²) in [6.45, 7) is 0.387. The smallest absolute Gasteiger partial charge is 0.327 e. The average Bonchev–Trinajstić information content (AvgIpc) is 3.09. The quantitative estimate of drug-likeness (QED) is 0.607. The minimum atomic E-state index is -0.827. The molecule has 1 aliphatic rings. The number of para-hydroxylation sites is 1. The van der Waals surface area contributed by atoms with E-state index >= 15 is 0 Å². The lowest BCUT2D eigenvalue weighted by molar-refractivity contribution is -0.386. The molecule has 0 aliphatic heterocycles. The number of nitrogens with zero attached hydrogens (tertiary/aromatic N) is 1. The fourth-order valence-corrected chi connectivity index (χ4v) is 1.88. The van der Waals surface area contributed by atoms with E-state index in [9.17, 15) is 14.5 Å². The number of nitrogens with two attached hydrogens (primary N) is 1.